The molecule has 8 bridgehead atoms. The molecule has 0 amide bonds. The first-order valence-electron chi connectivity index (χ1n) is 24.4. The van der Waals surface area contributed by atoms with Gasteiger partial charge in [0.15, 0.2) is 0 Å². The van der Waals surface area contributed by atoms with E-state index in [-0.39, 0.29) is 46.4 Å². The maximum atomic E-state index is 12.7. The van der Waals surface area contributed by atoms with Crippen LogP contribution in [0.1, 0.15) is 182 Å². The molecular weight excluding hydrogens is 873 g/mol. The first-order chi connectivity index (χ1) is 32.7. The molecular formula is C62H72O8. The summed E-state index contributed by atoms with van der Waals surface area (Å²) < 4.78 is 23.9. The first-order valence-corrected chi connectivity index (χ1v) is 24.4. The second-order valence-electron chi connectivity index (χ2n) is 23.2. The average molecular weight is 945 g/mol. The maximum absolute atomic E-state index is 12.7. The van der Waals surface area contributed by atoms with Gasteiger partial charge in [-0.3, -0.25) is 0 Å². The number of hydrogen-bond donors (Lipinski definition) is 2. The van der Waals surface area contributed by atoms with Crippen LogP contribution in [0.15, 0.2) is 97.1 Å². The van der Waals surface area contributed by atoms with Crippen molar-refractivity contribution in [1.29, 1.82) is 0 Å². The number of rotatable bonds is 8. The standard InChI is InChI=1S/C62H72O8/c1-59(2,3)49-27-41-23-45-31-51(61(7,8)9)33-47(55(45)69-35-37-15-19-39(20-16-37)57(65)67-13)25-43-29-50(60(4,5)6)30-44(54(43)64)26-48-34-52(62(10,11)12)32-46(24-42(28-49)53(41)63)56(48)70-36-38-17-21-40(22-18-38)58(66)68-14/h15-22,27-34,63-64H,23-26,35-36H2,1-14H3. The molecule has 368 valence electrons. The molecule has 0 aromatic heterocycles. The number of methoxy groups -OCH3 is 2. The molecule has 0 radical (unpaired) electrons. The van der Waals surface area contributed by atoms with Crippen LogP contribution in [0.5, 0.6) is 23.0 Å². The number of hydrogen-bond acceptors (Lipinski definition) is 8. The zero-order chi connectivity index (χ0) is 51.1. The highest BCUT2D eigenvalue weighted by atomic mass is 16.5. The lowest BCUT2D eigenvalue weighted by atomic mass is 9.79. The molecule has 0 saturated carbocycles. The molecule has 0 atom stereocenters. The molecule has 0 unspecified atom stereocenters. The Morgan fingerprint density at radius 2 is 0.629 bits per heavy atom. The van der Waals surface area contributed by atoms with E-state index in [1.165, 1.54) is 14.2 Å². The largest absolute Gasteiger partial charge is 0.507 e. The number of phenols is 2. The summed E-state index contributed by atoms with van der Waals surface area (Å²) in [6, 6.07) is 31.9. The smallest absolute Gasteiger partial charge is 0.337 e. The van der Waals surface area contributed by atoms with Crippen molar-refractivity contribution in [3.63, 3.8) is 0 Å². The Balaban J connectivity index is 1.50. The Morgan fingerprint density at radius 3 is 0.843 bits per heavy atom. The van der Waals surface area contributed by atoms with Crippen molar-refractivity contribution in [2.24, 2.45) is 0 Å². The van der Waals surface area contributed by atoms with Gasteiger partial charge in [0.05, 0.1) is 25.3 Å². The van der Waals surface area contributed by atoms with Crippen LogP contribution < -0.4 is 9.47 Å². The highest BCUT2D eigenvalue weighted by molar-refractivity contribution is 5.89. The SMILES string of the molecule is COC(=O)c1ccc(COc2c3cc(C(C)(C)C)cc2Cc2cc(C(C)(C)C)cc(c2O)Cc2cc(C(C)(C)C)cc(c2OCc2ccc(C(=O)OC)cc2)Cc2cc(C(C)(C)C)cc(c2O)C3)cc1. The van der Waals surface area contributed by atoms with Gasteiger partial charge in [0.1, 0.15) is 36.2 Å². The van der Waals surface area contributed by atoms with E-state index in [4.69, 9.17) is 18.9 Å². The third-order valence-electron chi connectivity index (χ3n) is 13.5. The van der Waals surface area contributed by atoms with E-state index >= 15 is 0 Å². The Kier molecular flexibility index (Phi) is 14.4. The van der Waals surface area contributed by atoms with Gasteiger partial charge in [0.25, 0.3) is 0 Å². The summed E-state index contributed by atoms with van der Waals surface area (Å²) in [7, 11) is 2.74. The molecule has 0 saturated heterocycles. The van der Waals surface area contributed by atoms with Crippen LogP contribution >= 0.6 is 0 Å². The number of benzene rings is 6. The van der Waals surface area contributed by atoms with Crippen LogP contribution in [0.2, 0.25) is 0 Å². The van der Waals surface area contributed by atoms with Crippen molar-refractivity contribution in [2.45, 2.75) is 144 Å². The van der Waals surface area contributed by atoms with Gasteiger partial charge < -0.3 is 29.2 Å². The molecule has 0 fully saturated rings. The minimum Gasteiger partial charge on any atom is -0.507 e. The second-order valence-corrected chi connectivity index (χ2v) is 23.2. The predicted octanol–water partition coefficient (Wildman–Crippen LogP) is 13.7. The fourth-order valence-corrected chi connectivity index (χ4v) is 9.04. The molecule has 1 aliphatic rings. The van der Waals surface area contributed by atoms with Gasteiger partial charge in [-0.05, 0) is 124 Å². The number of esters is 2. The van der Waals surface area contributed by atoms with Gasteiger partial charge in [-0.15, -0.1) is 0 Å². The number of carbonyl (C=O) groups is 2. The molecule has 8 nitrogen and oxygen atoms in total. The van der Waals surface area contributed by atoms with E-state index in [2.05, 4.69) is 132 Å². The normalized spacial score (nSPS) is 13.1. The van der Waals surface area contributed by atoms with Gasteiger partial charge in [0.2, 0.25) is 0 Å². The lowest BCUT2D eigenvalue weighted by Crippen LogP contribution is -2.16. The van der Waals surface area contributed by atoms with Crippen molar-refractivity contribution in [3.8, 4) is 23.0 Å². The van der Waals surface area contributed by atoms with Crippen LogP contribution in [0, 0.1) is 0 Å². The van der Waals surface area contributed by atoms with Crippen molar-refractivity contribution in [2.75, 3.05) is 14.2 Å². The number of aromatic hydroxyl groups is 2. The fraction of sp³-hybridized carbons (Fsp3) is 0.387. The minimum atomic E-state index is -0.405. The zero-order valence-electron chi connectivity index (χ0n) is 43.8. The van der Waals surface area contributed by atoms with Crippen molar-refractivity contribution in [3.05, 3.63) is 186 Å². The van der Waals surface area contributed by atoms with Crippen LogP contribution in [-0.4, -0.2) is 36.4 Å². The van der Waals surface area contributed by atoms with Gasteiger partial charge in [-0.2, -0.15) is 0 Å². The lowest BCUT2D eigenvalue weighted by molar-refractivity contribution is 0.0592. The van der Waals surface area contributed by atoms with Crippen molar-refractivity contribution in [1.82, 2.24) is 0 Å². The zero-order valence-corrected chi connectivity index (χ0v) is 43.8. The monoisotopic (exact) mass is 945 g/mol. The van der Waals surface area contributed by atoms with Crippen molar-refractivity contribution >= 4 is 11.9 Å². The number of carbonyl (C=O) groups excluding carboxylic acids is 2. The summed E-state index contributed by atoms with van der Waals surface area (Å²) in [5.74, 6) is 1.01. The molecule has 70 heavy (non-hydrogen) atoms. The quantitative estimate of drug-likeness (QED) is 0.145. The van der Waals surface area contributed by atoms with Gasteiger partial charge in [-0.25, -0.2) is 9.59 Å². The Labute approximate surface area is 416 Å². The Hall–Kier alpha value is -6.54. The number of ether oxygens (including phenoxy) is 4. The van der Waals surface area contributed by atoms with Crippen molar-refractivity contribution < 1.29 is 38.7 Å². The fourth-order valence-electron chi connectivity index (χ4n) is 9.04. The minimum absolute atomic E-state index is 0.219. The molecule has 8 heteroatoms. The van der Waals surface area contributed by atoms with Gasteiger partial charge in [-0.1, -0.05) is 156 Å². The molecule has 2 N–H and O–H groups in total. The van der Waals surface area contributed by atoms with E-state index in [0.29, 0.717) is 48.3 Å². The topological polar surface area (TPSA) is 112 Å². The van der Waals surface area contributed by atoms with E-state index in [1.807, 2.05) is 24.3 Å². The summed E-state index contributed by atoms with van der Waals surface area (Å²) in [4.78, 5) is 24.6. The molecule has 6 aromatic carbocycles. The Morgan fingerprint density at radius 1 is 0.400 bits per heavy atom. The lowest BCUT2D eigenvalue weighted by Gasteiger charge is -2.28. The summed E-state index contributed by atoms with van der Waals surface area (Å²) >= 11 is 0. The number of phenolic OH excluding ortho intramolecular Hbond substituents is 2. The van der Waals surface area contributed by atoms with Crippen LogP contribution in [0.4, 0.5) is 0 Å². The Bertz CT molecular complexity index is 2610. The highest BCUT2D eigenvalue weighted by Gasteiger charge is 2.29. The third kappa shape index (κ3) is 11.6. The summed E-state index contributed by atoms with van der Waals surface area (Å²) in [5, 5.41) is 25.4. The van der Waals surface area contributed by atoms with E-state index in [9.17, 15) is 19.8 Å². The second kappa shape index (κ2) is 19.7. The third-order valence-corrected chi connectivity index (χ3v) is 13.5. The molecule has 1 aliphatic carbocycles. The first kappa shape index (κ1) is 51.3. The molecule has 7 rings (SSSR count). The molecule has 0 heterocycles. The molecule has 0 aliphatic heterocycles. The van der Waals surface area contributed by atoms with Gasteiger partial charge >= 0.3 is 11.9 Å². The van der Waals surface area contributed by atoms with Gasteiger partial charge in [0, 0.05) is 25.7 Å². The summed E-state index contributed by atoms with van der Waals surface area (Å²) in [6.45, 7) is 26.8. The number of fused-ring (bicyclic) bond motifs is 8. The van der Waals surface area contributed by atoms with E-state index in [0.717, 1.165) is 77.9 Å². The molecule has 0 spiro atoms. The highest BCUT2D eigenvalue weighted by Crippen LogP contribution is 2.44. The summed E-state index contributed by atoms with van der Waals surface area (Å²) in [5.41, 5.74) is 12.8. The van der Waals surface area contributed by atoms with Crippen LogP contribution in [0.25, 0.3) is 0 Å². The average Bonchev–Trinajstić information content (AvgIpc) is 3.28. The summed E-state index contributed by atoms with van der Waals surface area (Å²) in [6.07, 6.45) is 1.48. The maximum Gasteiger partial charge on any atom is 0.337 e. The van der Waals surface area contributed by atoms with E-state index in [1.54, 1.807) is 24.3 Å². The predicted molar refractivity (Wildman–Crippen MR) is 279 cm³/mol. The van der Waals surface area contributed by atoms with E-state index < -0.39 is 11.9 Å². The van der Waals surface area contributed by atoms with Crippen LogP contribution in [-0.2, 0) is 70.0 Å². The molecule has 6 aromatic rings. The van der Waals surface area contributed by atoms with Crippen LogP contribution in [0.3, 0.4) is 0 Å².